The lowest BCUT2D eigenvalue weighted by Gasteiger charge is -2.27. The van der Waals surface area contributed by atoms with Crippen LogP contribution in [0.2, 0.25) is 0 Å². The predicted molar refractivity (Wildman–Crippen MR) is 68.8 cm³/mol. The summed E-state index contributed by atoms with van der Waals surface area (Å²) in [5.74, 6) is -0.0839. The first kappa shape index (κ1) is 16.4. The Kier molecular flexibility index (Phi) is 6.67. The highest BCUT2D eigenvalue weighted by atomic mass is 79.9. The van der Waals surface area contributed by atoms with E-state index in [0.29, 0.717) is 16.7 Å². The minimum absolute atomic E-state index is 0. The standard InChI is InChI=1S/C12H15BrN2O.BrH/c1-4-9-15(2,3)14-12(16)10-5-7-11(13)8-6-10;/h4-8H,1,9H2,2-3H3;1H. The van der Waals surface area contributed by atoms with E-state index in [2.05, 4.69) is 27.9 Å². The van der Waals surface area contributed by atoms with Crippen LogP contribution in [0.1, 0.15) is 10.4 Å². The number of nitrogens with zero attached hydrogens (tertiary/aromatic N) is 1. The van der Waals surface area contributed by atoms with Crippen molar-refractivity contribution in [1.82, 2.24) is 5.43 Å². The maximum absolute atomic E-state index is 11.9. The summed E-state index contributed by atoms with van der Waals surface area (Å²) in [6.07, 6.45) is 1.78. The van der Waals surface area contributed by atoms with E-state index in [4.69, 9.17) is 0 Å². The van der Waals surface area contributed by atoms with E-state index >= 15 is 0 Å². The van der Waals surface area contributed by atoms with Gasteiger partial charge >= 0.3 is 0 Å². The van der Waals surface area contributed by atoms with Crippen LogP contribution < -0.4 is 22.4 Å². The Morgan fingerprint density at radius 2 is 1.94 bits per heavy atom. The minimum Gasteiger partial charge on any atom is -1.00 e. The largest absolute Gasteiger partial charge is 1.00 e. The van der Waals surface area contributed by atoms with Gasteiger partial charge in [-0.3, -0.25) is 4.79 Å². The summed E-state index contributed by atoms with van der Waals surface area (Å²) in [5.41, 5.74) is 3.56. The quantitative estimate of drug-likeness (QED) is 0.430. The zero-order valence-electron chi connectivity index (χ0n) is 9.91. The molecule has 0 saturated heterocycles. The van der Waals surface area contributed by atoms with E-state index in [1.807, 2.05) is 26.2 Å². The molecule has 0 fully saturated rings. The summed E-state index contributed by atoms with van der Waals surface area (Å²) in [4.78, 5) is 11.9. The second kappa shape index (κ2) is 6.93. The van der Waals surface area contributed by atoms with Gasteiger partial charge in [0.15, 0.2) is 0 Å². The fourth-order valence-electron chi connectivity index (χ4n) is 1.31. The van der Waals surface area contributed by atoms with Crippen molar-refractivity contribution in [1.29, 1.82) is 0 Å². The highest BCUT2D eigenvalue weighted by molar-refractivity contribution is 9.10. The molecule has 0 aromatic heterocycles. The average Bonchev–Trinajstić information content (AvgIpc) is 2.17. The normalized spacial score (nSPS) is 10.3. The first-order chi connectivity index (χ1) is 7.44. The number of quaternary nitrogens is 1. The minimum atomic E-state index is -0.0839. The molecule has 0 heterocycles. The van der Waals surface area contributed by atoms with Crippen LogP contribution >= 0.6 is 15.9 Å². The first-order valence-corrected chi connectivity index (χ1v) is 5.76. The number of hydrogen-bond donors (Lipinski definition) is 1. The van der Waals surface area contributed by atoms with Gasteiger partial charge in [0.05, 0.1) is 14.1 Å². The third-order valence-electron chi connectivity index (χ3n) is 2.10. The lowest BCUT2D eigenvalue weighted by atomic mass is 10.2. The van der Waals surface area contributed by atoms with E-state index in [0.717, 1.165) is 4.47 Å². The number of rotatable bonds is 4. The molecule has 0 atom stereocenters. The third-order valence-corrected chi connectivity index (χ3v) is 2.62. The van der Waals surface area contributed by atoms with Gasteiger partial charge in [0, 0.05) is 10.0 Å². The number of carbonyl (C=O) groups is 1. The number of likely N-dealkylation sites (N-methyl/N-ethyl adjacent to an activating group) is 1. The van der Waals surface area contributed by atoms with Crippen LogP contribution in [0.3, 0.4) is 0 Å². The molecule has 17 heavy (non-hydrogen) atoms. The highest BCUT2D eigenvalue weighted by Gasteiger charge is 2.17. The Labute approximate surface area is 121 Å². The van der Waals surface area contributed by atoms with E-state index in [-0.39, 0.29) is 22.9 Å². The molecular weight excluding hydrogens is 348 g/mol. The average molecular weight is 364 g/mol. The van der Waals surface area contributed by atoms with Gasteiger partial charge in [-0.1, -0.05) is 22.5 Å². The van der Waals surface area contributed by atoms with Gasteiger partial charge in [-0.15, -0.1) is 0 Å². The number of halogens is 2. The number of benzene rings is 1. The second-order valence-corrected chi connectivity index (χ2v) is 5.02. The number of hydrogen-bond acceptors (Lipinski definition) is 1. The maximum atomic E-state index is 11.9. The van der Waals surface area contributed by atoms with Gasteiger partial charge in [0.2, 0.25) is 0 Å². The summed E-state index contributed by atoms with van der Waals surface area (Å²) in [5, 5.41) is 0. The van der Waals surface area contributed by atoms with Crippen molar-refractivity contribution in [2.24, 2.45) is 0 Å². The summed E-state index contributed by atoms with van der Waals surface area (Å²) in [6.45, 7) is 4.35. The molecule has 1 aromatic carbocycles. The molecule has 0 radical (unpaired) electrons. The maximum Gasteiger partial charge on any atom is 0.295 e. The topological polar surface area (TPSA) is 29.1 Å². The lowest BCUT2D eigenvalue weighted by Crippen LogP contribution is -3.00. The monoisotopic (exact) mass is 362 g/mol. The summed E-state index contributed by atoms with van der Waals surface area (Å²) in [6, 6.07) is 7.27. The van der Waals surface area contributed by atoms with Crippen molar-refractivity contribution in [2.75, 3.05) is 20.6 Å². The van der Waals surface area contributed by atoms with Crippen LogP contribution in [0.4, 0.5) is 0 Å². The number of nitrogens with one attached hydrogen (secondary N) is 1. The van der Waals surface area contributed by atoms with Gasteiger partial charge in [-0.25, -0.2) is 4.59 Å². The second-order valence-electron chi connectivity index (χ2n) is 4.10. The zero-order chi connectivity index (χ0) is 12.2. The highest BCUT2D eigenvalue weighted by Crippen LogP contribution is 2.10. The molecule has 1 N–H and O–H groups in total. The fourth-order valence-corrected chi connectivity index (χ4v) is 1.57. The van der Waals surface area contributed by atoms with Crippen molar-refractivity contribution in [3.8, 4) is 0 Å². The molecular formula is C12H16Br2N2O. The van der Waals surface area contributed by atoms with Gasteiger partial charge in [0.1, 0.15) is 6.54 Å². The van der Waals surface area contributed by atoms with Crippen LogP contribution in [0.5, 0.6) is 0 Å². The molecule has 0 saturated carbocycles. The molecule has 0 aliphatic carbocycles. The van der Waals surface area contributed by atoms with Gasteiger partial charge in [-0.05, 0) is 30.3 Å². The molecule has 3 nitrogen and oxygen atoms in total. The van der Waals surface area contributed by atoms with Crippen molar-refractivity contribution in [3.63, 3.8) is 0 Å². The Bertz CT molecular complexity index is 388. The first-order valence-electron chi connectivity index (χ1n) is 4.97. The molecule has 1 rings (SSSR count). The Morgan fingerprint density at radius 3 is 2.41 bits per heavy atom. The van der Waals surface area contributed by atoms with Crippen molar-refractivity contribution >= 4 is 21.8 Å². The van der Waals surface area contributed by atoms with Crippen molar-refractivity contribution in [3.05, 3.63) is 47.0 Å². The Balaban J connectivity index is 0.00000256. The van der Waals surface area contributed by atoms with Crippen LogP contribution in [-0.2, 0) is 0 Å². The molecule has 1 aromatic rings. The number of amides is 1. The lowest BCUT2D eigenvalue weighted by molar-refractivity contribution is -0.919. The molecule has 94 valence electrons. The van der Waals surface area contributed by atoms with Gasteiger partial charge in [0.25, 0.3) is 5.91 Å². The van der Waals surface area contributed by atoms with Crippen LogP contribution in [0.15, 0.2) is 41.4 Å². The molecule has 0 aliphatic heterocycles. The predicted octanol–water partition coefficient (Wildman–Crippen LogP) is -0.640. The SMILES string of the molecule is C=CC[N+](C)(C)NC(=O)c1ccc(Br)cc1.[Br-]. The molecule has 0 unspecified atom stereocenters. The summed E-state index contributed by atoms with van der Waals surface area (Å²) >= 11 is 3.33. The molecule has 1 amide bonds. The number of carbonyl (C=O) groups excluding carboxylic acids is 1. The smallest absolute Gasteiger partial charge is 0.295 e. The van der Waals surface area contributed by atoms with E-state index < -0.39 is 0 Å². The van der Waals surface area contributed by atoms with Gasteiger partial charge < -0.3 is 17.0 Å². The van der Waals surface area contributed by atoms with Crippen molar-refractivity contribution < 1.29 is 26.4 Å². The fraction of sp³-hybridized carbons (Fsp3) is 0.250. The summed E-state index contributed by atoms with van der Waals surface area (Å²) < 4.78 is 1.35. The molecule has 0 spiro atoms. The molecule has 0 aliphatic rings. The van der Waals surface area contributed by atoms with Crippen molar-refractivity contribution in [2.45, 2.75) is 0 Å². The third kappa shape index (κ3) is 5.48. The Hall–Kier alpha value is -0.650. The summed E-state index contributed by atoms with van der Waals surface area (Å²) in [7, 11) is 3.83. The molecule has 0 bridgehead atoms. The van der Waals surface area contributed by atoms with Crippen LogP contribution in [0.25, 0.3) is 0 Å². The van der Waals surface area contributed by atoms with Crippen LogP contribution in [0, 0.1) is 0 Å². The van der Waals surface area contributed by atoms with E-state index in [1.54, 1.807) is 18.2 Å². The van der Waals surface area contributed by atoms with Crippen LogP contribution in [-0.4, -0.2) is 31.1 Å². The van der Waals surface area contributed by atoms with E-state index in [9.17, 15) is 4.79 Å². The zero-order valence-corrected chi connectivity index (χ0v) is 13.1. The van der Waals surface area contributed by atoms with E-state index in [1.165, 1.54) is 0 Å². The molecule has 5 heteroatoms. The van der Waals surface area contributed by atoms with Gasteiger partial charge in [-0.2, -0.15) is 5.43 Å². The Morgan fingerprint density at radius 1 is 1.41 bits per heavy atom.